The van der Waals surface area contributed by atoms with Crippen LogP contribution in [0, 0.1) is 5.82 Å². The van der Waals surface area contributed by atoms with Crippen LogP contribution in [0.2, 0.25) is 0 Å². The number of nitrogens with two attached hydrogens (primary N) is 1. The van der Waals surface area contributed by atoms with E-state index in [-0.39, 0.29) is 29.8 Å². The number of aromatic nitrogens is 2. The quantitative estimate of drug-likeness (QED) is 0.325. The van der Waals surface area contributed by atoms with Gasteiger partial charge in [0.25, 0.3) is 0 Å². The van der Waals surface area contributed by atoms with E-state index >= 15 is 0 Å². The number of halogens is 2. The highest BCUT2D eigenvalue weighted by atomic mass is 127. The van der Waals surface area contributed by atoms with Crippen LogP contribution in [0.4, 0.5) is 10.1 Å². The average Bonchev–Trinajstić information content (AvgIpc) is 3.19. The molecule has 8 heteroatoms. The fourth-order valence-electron chi connectivity index (χ4n) is 3.54. The summed E-state index contributed by atoms with van der Waals surface area (Å²) in [6, 6.07) is 14.9. The monoisotopic (exact) mass is 520 g/mol. The molecular formula is C22H26FIN6. The van der Waals surface area contributed by atoms with Gasteiger partial charge >= 0.3 is 0 Å². The Morgan fingerprint density at radius 2 is 1.80 bits per heavy atom. The summed E-state index contributed by atoms with van der Waals surface area (Å²) < 4.78 is 14.9. The van der Waals surface area contributed by atoms with Crippen LogP contribution in [0.1, 0.15) is 5.56 Å². The number of anilines is 1. The van der Waals surface area contributed by atoms with Crippen molar-refractivity contribution in [1.29, 1.82) is 0 Å². The molecule has 2 heterocycles. The molecule has 6 nitrogen and oxygen atoms in total. The van der Waals surface area contributed by atoms with Gasteiger partial charge in [0.05, 0.1) is 12.7 Å². The standard InChI is InChI=1S/C22H25FN6.HI/c1-27-16-19(15-26-27)18-4-2-3-17(13-18)14-25-22(24)29-11-9-28(10-12-29)21-7-5-20(23)6-8-21;/h2-8,13,15-16H,9-12,14H2,1H3,(H2,24,25);1H. The number of aliphatic imine (C=N–C) groups is 1. The first-order valence-corrected chi connectivity index (χ1v) is 9.72. The molecule has 158 valence electrons. The lowest BCUT2D eigenvalue weighted by Crippen LogP contribution is -2.51. The maximum atomic E-state index is 13.1. The number of benzene rings is 2. The second-order valence-corrected chi connectivity index (χ2v) is 7.23. The van der Waals surface area contributed by atoms with Crippen molar-refractivity contribution in [1.82, 2.24) is 14.7 Å². The summed E-state index contributed by atoms with van der Waals surface area (Å²) in [6.45, 7) is 3.79. The lowest BCUT2D eigenvalue weighted by atomic mass is 10.1. The number of aryl methyl sites for hydroxylation is 1. The van der Waals surface area contributed by atoms with Crippen molar-refractivity contribution in [2.75, 3.05) is 31.1 Å². The minimum atomic E-state index is -0.212. The van der Waals surface area contributed by atoms with E-state index in [1.807, 2.05) is 37.6 Å². The first-order chi connectivity index (χ1) is 14.1. The van der Waals surface area contributed by atoms with E-state index in [0.29, 0.717) is 12.5 Å². The molecule has 1 aliphatic heterocycles. The highest BCUT2D eigenvalue weighted by molar-refractivity contribution is 14.0. The number of rotatable bonds is 4. The lowest BCUT2D eigenvalue weighted by Gasteiger charge is -2.36. The van der Waals surface area contributed by atoms with E-state index in [1.54, 1.807) is 4.68 Å². The normalized spacial score (nSPS) is 14.5. The molecule has 3 aromatic rings. The summed E-state index contributed by atoms with van der Waals surface area (Å²) in [4.78, 5) is 8.94. The molecule has 0 saturated carbocycles. The highest BCUT2D eigenvalue weighted by Gasteiger charge is 2.18. The third-order valence-corrected chi connectivity index (χ3v) is 5.18. The van der Waals surface area contributed by atoms with E-state index < -0.39 is 0 Å². The van der Waals surface area contributed by atoms with Crippen molar-refractivity contribution >= 4 is 35.6 Å². The highest BCUT2D eigenvalue weighted by Crippen LogP contribution is 2.20. The molecule has 0 bridgehead atoms. The molecule has 0 amide bonds. The number of piperazine rings is 1. The fraction of sp³-hybridized carbons (Fsp3) is 0.273. The van der Waals surface area contributed by atoms with Gasteiger partial charge in [-0.25, -0.2) is 9.38 Å². The zero-order valence-corrected chi connectivity index (χ0v) is 19.2. The first kappa shape index (κ1) is 22.1. The van der Waals surface area contributed by atoms with Crippen LogP contribution in [-0.4, -0.2) is 46.8 Å². The second-order valence-electron chi connectivity index (χ2n) is 7.23. The van der Waals surface area contributed by atoms with Crippen LogP contribution in [0.15, 0.2) is 65.9 Å². The summed E-state index contributed by atoms with van der Waals surface area (Å²) in [7, 11) is 1.91. The lowest BCUT2D eigenvalue weighted by molar-refractivity contribution is 0.380. The smallest absolute Gasteiger partial charge is 0.191 e. The van der Waals surface area contributed by atoms with Gasteiger partial charge in [-0.05, 0) is 41.5 Å². The average molecular weight is 520 g/mol. The minimum absolute atomic E-state index is 0. The van der Waals surface area contributed by atoms with Crippen LogP contribution in [0.25, 0.3) is 11.1 Å². The first-order valence-electron chi connectivity index (χ1n) is 9.72. The van der Waals surface area contributed by atoms with Crippen molar-refractivity contribution < 1.29 is 4.39 Å². The number of hydrogen-bond donors (Lipinski definition) is 1. The number of hydrogen-bond acceptors (Lipinski definition) is 3. The molecule has 1 fully saturated rings. The predicted molar refractivity (Wildman–Crippen MR) is 130 cm³/mol. The summed E-state index contributed by atoms with van der Waals surface area (Å²) in [6.07, 6.45) is 3.86. The van der Waals surface area contributed by atoms with E-state index in [1.165, 1.54) is 12.1 Å². The van der Waals surface area contributed by atoms with E-state index in [9.17, 15) is 4.39 Å². The van der Waals surface area contributed by atoms with Gasteiger partial charge in [0.1, 0.15) is 5.82 Å². The van der Waals surface area contributed by atoms with Gasteiger partial charge in [-0.3, -0.25) is 4.68 Å². The van der Waals surface area contributed by atoms with Gasteiger partial charge in [-0.1, -0.05) is 18.2 Å². The molecule has 4 rings (SSSR count). The van der Waals surface area contributed by atoms with Gasteiger partial charge < -0.3 is 15.5 Å². The Hall–Kier alpha value is -2.62. The molecule has 0 aliphatic carbocycles. The maximum absolute atomic E-state index is 13.1. The second kappa shape index (κ2) is 9.92. The third-order valence-electron chi connectivity index (χ3n) is 5.18. The van der Waals surface area contributed by atoms with E-state index in [4.69, 9.17) is 5.73 Å². The van der Waals surface area contributed by atoms with E-state index in [0.717, 1.165) is 48.6 Å². The largest absolute Gasteiger partial charge is 0.370 e. The zero-order valence-electron chi connectivity index (χ0n) is 16.9. The number of nitrogens with zero attached hydrogens (tertiary/aromatic N) is 5. The van der Waals surface area contributed by atoms with Crippen molar-refractivity contribution in [2.45, 2.75) is 6.54 Å². The Morgan fingerprint density at radius 1 is 1.07 bits per heavy atom. The molecule has 0 atom stereocenters. The Labute approximate surface area is 193 Å². The Kier molecular flexibility index (Phi) is 7.30. The molecule has 2 N–H and O–H groups in total. The molecule has 1 aliphatic rings. The molecule has 0 radical (unpaired) electrons. The van der Waals surface area contributed by atoms with Crippen LogP contribution < -0.4 is 10.6 Å². The van der Waals surface area contributed by atoms with Gasteiger partial charge in [0, 0.05) is 50.7 Å². The van der Waals surface area contributed by atoms with Crippen LogP contribution in [0.3, 0.4) is 0 Å². The van der Waals surface area contributed by atoms with Crippen molar-refractivity contribution in [2.24, 2.45) is 17.8 Å². The Balaban J connectivity index is 0.00000256. The van der Waals surface area contributed by atoms with Crippen LogP contribution in [0.5, 0.6) is 0 Å². The van der Waals surface area contributed by atoms with Crippen molar-refractivity contribution in [3.05, 3.63) is 72.3 Å². The summed E-state index contributed by atoms with van der Waals surface area (Å²) in [5.41, 5.74) is 10.6. The number of guanidine groups is 1. The van der Waals surface area contributed by atoms with Gasteiger partial charge in [0.2, 0.25) is 0 Å². The topological polar surface area (TPSA) is 62.7 Å². The van der Waals surface area contributed by atoms with Crippen molar-refractivity contribution in [3.8, 4) is 11.1 Å². The molecule has 2 aromatic carbocycles. The summed E-state index contributed by atoms with van der Waals surface area (Å²) >= 11 is 0. The molecule has 0 unspecified atom stereocenters. The molecule has 30 heavy (non-hydrogen) atoms. The van der Waals surface area contributed by atoms with Crippen LogP contribution in [-0.2, 0) is 13.6 Å². The fourth-order valence-corrected chi connectivity index (χ4v) is 3.54. The molecule has 0 spiro atoms. The molecular weight excluding hydrogens is 494 g/mol. The molecule has 1 aromatic heterocycles. The summed E-state index contributed by atoms with van der Waals surface area (Å²) in [5, 5.41) is 4.23. The van der Waals surface area contributed by atoms with Crippen LogP contribution >= 0.6 is 24.0 Å². The zero-order chi connectivity index (χ0) is 20.2. The van der Waals surface area contributed by atoms with Gasteiger partial charge in [0.15, 0.2) is 5.96 Å². The van der Waals surface area contributed by atoms with Crippen molar-refractivity contribution in [3.63, 3.8) is 0 Å². The SMILES string of the molecule is Cn1cc(-c2cccc(CN=C(N)N3CCN(c4ccc(F)cc4)CC3)c2)cn1.I. The minimum Gasteiger partial charge on any atom is -0.370 e. The van der Waals surface area contributed by atoms with Gasteiger partial charge in [-0.15, -0.1) is 24.0 Å². The Bertz CT molecular complexity index is 993. The Morgan fingerprint density at radius 3 is 2.47 bits per heavy atom. The molecule has 1 saturated heterocycles. The summed E-state index contributed by atoms with van der Waals surface area (Å²) in [5.74, 6) is 0.354. The predicted octanol–water partition coefficient (Wildman–Crippen LogP) is 3.48. The maximum Gasteiger partial charge on any atom is 0.191 e. The third kappa shape index (κ3) is 5.29. The van der Waals surface area contributed by atoms with Gasteiger partial charge in [-0.2, -0.15) is 5.10 Å². The van der Waals surface area contributed by atoms with E-state index in [2.05, 4.69) is 38.1 Å².